The number of hydrogen-bond donors (Lipinski definition) is 4. The second-order valence-corrected chi connectivity index (χ2v) is 16.4. The second kappa shape index (κ2) is 25.0. The summed E-state index contributed by atoms with van der Waals surface area (Å²) < 4.78 is 11.6. The maximum Gasteiger partial charge on any atom is 0.336 e. The van der Waals surface area contributed by atoms with Crippen molar-refractivity contribution < 1.29 is 34.7 Å². The lowest BCUT2D eigenvalue weighted by Gasteiger charge is -2.43. The molecule has 0 spiro atoms. The monoisotopic (exact) mass is 709 g/mol. The van der Waals surface area contributed by atoms with Crippen LogP contribution in [0, 0.1) is 35.5 Å². The Bertz CT molecular complexity index is 824. The van der Waals surface area contributed by atoms with Crippen LogP contribution in [-0.2, 0) is 14.3 Å². The molecule has 0 aromatic carbocycles. The van der Waals surface area contributed by atoms with Gasteiger partial charge < -0.3 is 29.9 Å². The van der Waals surface area contributed by atoms with Gasteiger partial charge >= 0.3 is 17.9 Å². The molecule has 3 unspecified atom stereocenters. The number of esters is 1. The molecule has 2 rings (SSSR count). The topological polar surface area (TPSA) is 116 Å². The van der Waals surface area contributed by atoms with Crippen LogP contribution >= 0.6 is 0 Å². The van der Waals surface area contributed by atoms with E-state index in [0.717, 1.165) is 57.8 Å². The zero-order valence-electron chi connectivity index (χ0n) is 33.0. The first kappa shape index (κ1) is 45.0. The fourth-order valence-corrected chi connectivity index (χ4v) is 8.34. The number of carbonyl (C=O) groups is 1. The van der Waals surface area contributed by atoms with Crippen molar-refractivity contribution >= 4 is 5.97 Å². The molecule has 0 saturated heterocycles. The first-order valence-electron chi connectivity index (χ1n) is 21.5. The third-order valence-electron chi connectivity index (χ3n) is 12.0. The molecule has 0 radical (unpaired) electrons. The molecular weight excluding hydrogens is 628 g/mol. The van der Waals surface area contributed by atoms with Gasteiger partial charge in [0.2, 0.25) is 0 Å². The molecule has 2 aliphatic rings. The first-order valence-corrected chi connectivity index (χ1v) is 21.5. The quantitative estimate of drug-likeness (QED) is 0.0238. The predicted molar refractivity (Wildman–Crippen MR) is 204 cm³/mol. The average Bonchev–Trinajstić information content (AvgIpc) is 3.00. The van der Waals surface area contributed by atoms with Gasteiger partial charge in [-0.25, -0.2) is 0 Å². The van der Waals surface area contributed by atoms with Crippen LogP contribution in [0.25, 0.3) is 0 Å². The number of carbonyl (C=O) groups excluding carboxylic acids is 1. The van der Waals surface area contributed by atoms with Crippen molar-refractivity contribution in [2.75, 3.05) is 0 Å². The van der Waals surface area contributed by atoms with Gasteiger partial charge in [0.15, 0.2) is 0 Å². The van der Waals surface area contributed by atoms with Crippen molar-refractivity contribution in [3.63, 3.8) is 0 Å². The molecule has 0 aliphatic heterocycles. The van der Waals surface area contributed by atoms with Crippen molar-refractivity contribution in [2.24, 2.45) is 35.5 Å². The highest BCUT2D eigenvalue weighted by Crippen LogP contribution is 2.43. The molecule has 0 bridgehead atoms. The van der Waals surface area contributed by atoms with E-state index in [1.807, 2.05) is 13.8 Å². The smallest absolute Gasteiger partial charge is 0.336 e. The van der Waals surface area contributed by atoms with Gasteiger partial charge in [0.05, 0.1) is 11.7 Å². The number of ether oxygens (including phenoxy) is 2. The summed E-state index contributed by atoms with van der Waals surface area (Å²) in [7, 11) is 0. The van der Waals surface area contributed by atoms with E-state index in [9.17, 15) is 25.2 Å². The van der Waals surface area contributed by atoms with Gasteiger partial charge in [-0.15, -0.1) is 0 Å². The highest BCUT2D eigenvalue weighted by molar-refractivity contribution is 5.72. The molecule has 2 saturated carbocycles. The zero-order chi connectivity index (χ0) is 36.8. The molecule has 0 aromatic rings. The van der Waals surface area contributed by atoms with Gasteiger partial charge in [0.1, 0.15) is 5.92 Å². The minimum Gasteiger partial charge on any atom is -0.444 e. The fraction of sp³-hybridized carbons (Fsp3) is 0.930. The normalized spacial score (nSPS) is 17.6. The average molecular weight is 709 g/mol. The Hall–Kier alpha value is -1.15. The van der Waals surface area contributed by atoms with Crippen molar-refractivity contribution in [1.29, 1.82) is 0 Å². The van der Waals surface area contributed by atoms with Crippen LogP contribution in [0.4, 0.5) is 0 Å². The Morgan fingerprint density at radius 1 is 0.580 bits per heavy atom. The summed E-state index contributed by atoms with van der Waals surface area (Å²) in [4.78, 5) is 13.8. The molecule has 50 heavy (non-hydrogen) atoms. The van der Waals surface area contributed by atoms with Gasteiger partial charge in [-0.1, -0.05) is 163 Å². The maximum absolute atomic E-state index is 13.8. The molecule has 0 heterocycles. The summed E-state index contributed by atoms with van der Waals surface area (Å²) in [6, 6.07) is 0. The Labute approximate surface area is 307 Å². The summed E-state index contributed by atoms with van der Waals surface area (Å²) in [6.45, 7) is 12.6. The highest BCUT2D eigenvalue weighted by atomic mass is 16.8. The van der Waals surface area contributed by atoms with E-state index in [0.29, 0.717) is 50.4 Å². The van der Waals surface area contributed by atoms with Gasteiger partial charge in [-0.2, -0.15) is 0 Å². The van der Waals surface area contributed by atoms with E-state index in [4.69, 9.17) is 9.47 Å². The molecule has 4 N–H and O–H groups in total. The molecule has 2 fully saturated rings. The van der Waals surface area contributed by atoms with Crippen LogP contribution in [0.2, 0.25) is 0 Å². The molecule has 2 aliphatic carbocycles. The van der Waals surface area contributed by atoms with Gasteiger partial charge in [0.25, 0.3) is 0 Å². The lowest BCUT2D eigenvalue weighted by atomic mass is 9.79. The lowest BCUT2D eigenvalue weighted by molar-refractivity contribution is -0.452. The van der Waals surface area contributed by atoms with E-state index < -0.39 is 35.7 Å². The summed E-state index contributed by atoms with van der Waals surface area (Å²) in [5.74, 6) is -8.02. The van der Waals surface area contributed by atoms with Crippen LogP contribution in [-0.4, -0.2) is 38.3 Å². The number of hydrogen-bond acceptors (Lipinski definition) is 7. The molecule has 3 atom stereocenters. The zero-order valence-corrected chi connectivity index (χ0v) is 33.0. The van der Waals surface area contributed by atoms with E-state index in [-0.39, 0.29) is 11.7 Å². The second-order valence-electron chi connectivity index (χ2n) is 16.4. The molecule has 0 aromatic heterocycles. The SMILES string of the molecule is C=C(OC(O)(O)C(C(CCC)CCC)C(O)(O)OC(=O)C(CCCCCCCC)CCC1CCC1)C(CCCCCCCC)CCC1CCC1. The highest BCUT2D eigenvalue weighted by Gasteiger charge is 2.57. The van der Waals surface area contributed by atoms with Gasteiger partial charge in [-0.3, -0.25) is 4.79 Å². The Kier molecular flexibility index (Phi) is 22.5. The summed E-state index contributed by atoms with van der Waals surface area (Å²) in [5.41, 5.74) is 0. The van der Waals surface area contributed by atoms with E-state index in [1.54, 1.807) is 0 Å². The molecule has 294 valence electrons. The van der Waals surface area contributed by atoms with Crippen LogP contribution < -0.4 is 0 Å². The van der Waals surface area contributed by atoms with E-state index >= 15 is 0 Å². The summed E-state index contributed by atoms with van der Waals surface area (Å²) in [6.07, 6.45) is 28.2. The number of unbranched alkanes of at least 4 members (excludes halogenated alkanes) is 10. The molecule has 7 heteroatoms. The van der Waals surface area contributed by atoms with Gasteiger partial charge in [-0.05, 0) is 69.1 Å². The fourth-order valence-electron chi connectivity index (χ4n) is 8.34. The van der Waals surface area contributed by atoms with E-state index in [2.05, 4.69) is 20.4 Å². The minimum atomic E-state index is -3.13. The van der Waals surface area contributed by atoms with Crippen molar-refractivity contribution in [3.05, 3.63) is 12.3 Å². The van der Waals surface area contributed by atoms with Crippen molar-refractivity contribution in [3.8, 4) is 0 Å². The third-order valence-corrected chi connectivity index (χ3v) is 12.0. The van der Waals surface area contributed by atoms with E-state index in [1.165, 1.54) is 83.5 Å². The molecule has 0 amide bonds. The predicted octanol–water partition coefficient (Wildman–Crippen LogP) is 11.1. The van der Waals surface area contributed by atoms with Crippen LogP contribution in [0.1, 0.15) is 207 Å². The number of rotatable bonds is 32. The third kappa shape index (κ3) is 16.7. The minimum absolute atomic E-state index is 0.0700. The van der Waals surface area contributed by atoms with Crippen molar-refractivity contribution in [2.45, 2.75) is 219 Å². The molecular formula is C43H80O7. The van der Waals surface area contributed by atoms with Crippen LogP contribution in [0.15, 0.2) is 12.3 Å². The van der Waals surface area contributed by atoms with Crippen molar-refractivity contribution in [1.82, 2.24) is 0 Å². The molecule has 7 nitrogen and oxygen atoms in total. The lowest BCUT2D eigenvalue weighted by Crippen LogP contribution is -2.59. The summed E-state index contributed by atoms with van der Waals surface area (Å²) in [5, 5.41) is 46.8. The summed E-state index contributed by atoms with van der Waals surface area (Å²) >= 11 is 0. The van der Waals surface area contributed by atoms with Gasteiger partial charge in [0, 0.05) is 5.92 Å². The standard InChI is InChI=1S/C43H80O7/c1-6-10-12-14-16-18-28-37(32-30-35-24-20-25-35)34(5)49-42(45,46)40(38(22-8-3)23-9-4)43(47,48)50-41(44)39(33-31-36-26-21-27-36)29-19-17-15-13-11-7-2/h35-40,45-48H,5-33H2,1-4H3. The van der Waals surface area contributed by atoms with Crippen LogP contribution in [0.3, 0.4) is 0 Å². The van der Waals surface area contributed by atoms with Crippen LogP contribution in [0.5, 0.6) is 0 Å². The first-order chi connectivity index (χ1) is 24.0. The Morgan fingerprint density at radius 2 is 1.00 bits per heavy atom. The maximum atomic E-state index is 13.8. The number of allylic oxidation sites excluding steroid dienone is 1. The number of aliphatic hydroxyl groups is 4. The largest absolute Gasteiger partial charge is 0.444 e. The Morgan fingerprint density at radius 3 is 1.44 bits per heavy atom. The Balaban J connectivity index is 2.22.